The molecule has 0 spiro atoms. The molecule has 1 aromatic rings. The number of rotatable bonds is 2. The highest BCUT2D eigenvalue weighted by atomic mass is 15.3. The predicted molar refractivity (Wildman–Crippen MR) is 61.8 cm³/mol. The summed E-state index contributed by atoms with van der Waals surface area (Å²) in [4.78, 5) is 0. The minimum absolute atomic E-state index is 0.463. The summed E-state index contributed by atoms with van der Waals surface area (Å²) in [6.07, 6.45) is 6.87. The largest absolute Gasteiger partial charge is 0.330 e. The molecule has 1 atom stereocenters. The van der Waals surface area contributed by atoms with Gasteiger partial charge in [0.25, 0.3) is 0 Å². The summed E-state index contributed by atoms with van der Waals surface area (Å²) >= 11 is 0. The minimum atomic E-state index is 0.463. The third-order valence-corrected chi connectivity index (χ3v) is 3.35. The van der Waals surface area contributed by atoms with Gasteiger partial charge in [-0.3, -0.25) is 4.68 Å². The van der Waals surface area contributed by atoms with Crippen molar-refractivity contribution in [3.63, 3.8) is 0 Å². The molecule has 0 amide bonds. The molecule has 0 aliphatic heterocycles. The van der Waals surface area contributed by atoms with E-state index < -0.39 is 0 Å². The van der Waals surface area contributed by atoms with E-state index in [0.717, 1.165) is 13.0 Å². The maximum absolute atomic E-state index is 5.80. The van der Waals surface area contributed by atoms with Crippen LogP contribution in [0.3, 0.4) is 0 Å². The van der Waals surface area contributed by atoms with Crippen LogP contribution in [0.5, 0.6) is 0 Å². The van der Waals surface area contributed by atoms with E-state index in [1.165, 1.54) is 30.5 Å². The minimum Gasteiger partial charge on any atom is -0.330 e. The van der Waals surface area contributed by atoms with Gasteiger partial charge >= 0.3 is 0 Å². The van der Waals surface area contributed by atoms with Gasteiger partial charge in [-0.05, 0) is 57.6 Å². The van der Waals surface area contributed by atoms with Crippen LogP contribution in [0.25, 0.3) is 0 Å². The number of aryl methyl sites for hydroxylation is 1. The molecular weight excluding hydrogens is 186 g/mol. The molecule has 1 aliphatic rings. The smallest absolute Gasteiger partial charge is 0.0524 e. The van der Waals surface area contributed by atoms with Crippen molar-refractivity contribution < 1.29 is 0 Å². The quantitative estimate of drug-likeness (QED) is 0.753. The fourth-order valence-electron chi connectivity index (χ4n) is 2.46. The number of fused-ring (bicyclic) bond motifs is 1. The summed E-state index contributed by atoms with van der Waals surface area (Å²) in [5.41, 5.74) is 8.67. The second-order valence-corrected chi connectivity index (χ2v) is 4.85. The molecule has 84 valence electrons. The molecule has 3 heteroatoms. The van der Waals surface area contributed by atoms with Crippen LogP contribution in [0.4, 0.5) is 0 Å². The number of hydrogen-bond donors (Lipinski definition) is 1. The van der Waals surface area contributed by atoms with Crippen LogP contribution < -0.4 is 5.73 Å². The lowest BCUT2D eigenvalue weighted by molar-refractivity contribution is 0.449. The van der Waals surface area contributed by atoms with Crippen LogP contribution in [0.2, 0.25) is 0 Å². The van der Waals surface area contributed by atoms with Gasteiger partial charge in [0.05, 0.1) is 6.20 Å². The Balaban J connectivity index is 2.29. The normalized spacial score (nSPS) is 21.5. The van der Waals surface area contributed by atoms with Crippen molar-refractivity contribution in [2.45, 2.75) is 45.6 Å². The van der Waals surface area contributed by atoms with Crippen LogP contribution in [0, 0.1) is 5.92 Å². The average Bonchev–Trinajstić information content (AvgIpc) is 2.49. The molecule has 1 aromatic heterocycles. The maximum Gasteiger partial charge on any atom is 0.0524 e. The summed E-state index contributed by atoms with van der Waals surface area (Å²) in [5, 5.41) is 4.48. The monoisotopic (exact) mass is 207 g/mol. The third-order valence-electron chi connectivity index (χ3n) is 3.35. The Kier molecular flexibility index (Phi) is 3.10. The van der Waals surface area contributed by atoms with Gasteiger partial charge in [0, 0.05) is 11.7 Å². The molecule has 0 saturated heterocycles. The van der Waals surface area contributed by atoms with Gasteiger partial charge in [-0.25, -0.2) is 0 Å². The molecule has 15 heavy (non-hydrogen) atoms. The summed E-state index contributed by atoms with van der Waals surface area (Å²) in [5.74, 6) is 0.653. The Hall–Kier alpha value is -0.830. The van der Waals surface area contributed by atoms with Crippen molar-refractivity contribution in [2.75, 3.05) is 6.54 Å². The molecule has 1 heterocycles. The second kappa shape index (κ2) is 4.35. The summed E-state index contributed by atoms with van der Waals surface area (Å²) < 4.78 is 2.17. The Morgan fingerprint density at radius 1 is 1.60 bits per heavy atom. The van der Waals surface area contributed by atoms with Gasteiger partial charge in [0.1, 0.15) is 0 Å². The molecule has 0 unspecified atom stereocenters. The van der Waals surface area contributed by atoms with Gasteiger partial charge in [0.2, 0.25) is 0 Å². The molecule has 0 radical (unpaired) electrons. The molecular formula is C12H21N3. The van der Waals surface area contributed by atoms with Crippen molar-refractivity contribution in [1.82, 2.24) is 9.78 Å². The summed E-state index contributed by atoms with van der Waals surface area (Å²) in [6, 6.07) is 0.463. The summed E-state index contributed by atoms with van der Waals surface area (Å²) in [7, 11) is 0. The van der Waals surface area contributed by atoms with E-state index in [1.54, 1.807) is 0 Å². The first-order valence-corrected chi connectivity index (χ1v) is 5.97. The average molecular weight is 207 g/mol. The standard InChI is InChI=1S/C12H21N3/c1-9(2)15-12-6-10(7-13)4-3-5-11(12)8-14-15/h8-10H,3-7,13H2,1-2H3/t10-/m0/s1. The van der Waals surface area contributed by atoms with Crippen molar-refractivity contribution in [2.24, 2.45) is 11.7 Å². The predicted octanol–water partition coefficient (Wildman–Crippen LogP) is 1.92. The molecule has 0 fully saturated rings. The Morgan fingerprint density at radius 2 is 2.40 bits per heavy atom. The van der Waals surface area contributed by atoms with Crippen LogP contribution in [-0.4, -0.2) is 16.3 Å². The Bertz CT molecular complexity index is 328. The molecule has 0 aromatic carbocycles. The number of nitrogens with zero attached hydrogens (tertiary/aromatic N) is 2. The van der Waals surface area contributed by atoms with Crippen molar-refractivity contribution >= 4 is 0 Å². The van der Waals surface area contributed by atoms with Crippen LogP contribution >= 0.6 is 0 Å². The van der Waals surface area contributed by atoms with Crippen molar-refractivity contribution in [3.8, 4) is 0 Å². The van der Waals surface area contributed by atoms with Crippen LogP contribution in [-0.2, 0) is 12.8 Å². The zero-order chi connectivity index (χ0) is 10.8. The van der Waals surface area contributed by atoms with Crippen molar-refractivity contribution in [1.29, 1.82) is 0 Å². The first kappa shape index (κ1) is 10.7. The third kappa shape index (κ3) is 2.07. The number of nitrogens with two attached hydrogens (primary N) is 1. The zero-order valence-corrected chi connectivity index (χ0v) is 9.74. The summed E-state index contributed by atoms with van der Waals surface area (Å²) in [6.45, 7) is 5.19. The molecule has 0 saturated carbocycles. The van der Waals surface area contributed by atoms with E-state index in [1.807, 2.05) is 6.20 Å². The molecule has 2 N–H and O–H groups in total. The molecule has 3 nitrogen and oxygen atoms in total. The lowest BCUT2D eigenvalue weighted by atomic mass is 10.0. The number of aromatic nitrogens is 2. The topological polar surface area (TPSA) is 43.8 Å². The van der Waals surface area contributed by atoms with Crippen LogP contribution in [0.15, 0.2) is 6.20 Å². The molecule has 2 rings (SSSR count). The van der Waals surface area contributed by atoms with Gasteiger partial charge in [-0.1, -0.05) is 0 Å². The van der Waals surface area contributed by atoms with Gasteiger partial charge < -0.3 is 5.73 Å². The second-order valence-electron chi connectivity index (χ2n) is 4.85. The molecule has 1 aliphatic carbocycles. The van der Waals surface area contributed by atoms with Gasteiger partial charge in [0.15, 0.2) is 0 Å². The highest BCUT2D eigenvalue weighted by molar-refractivity contribution is 5.20. The van der Waals surface area contributed by atoms with E-state index in [0.29, 0.717) is 12.0 Å². The fraction of sp³-hybridized carbons (Fsp3) is 0.750. The van der Waals surface area contributed by atoms with E-state index in [2.05, 4.69) is 23.6 Å². The van der Waals surface area contributed by atoms with Gasteiger partial charge in [-0.15, -0.1) is 0 Å². The highest BCUT2D eigenvalue weighted by Crippen LogP contribution is 2.25. The lowest BCUT2D eigenvalue weighted by Gasteiger charge is -2.15. The Morgan fingerprint density at radius 3 is 3.07 bits per heavy atom. The maximum atomic E-state index is 5.80. The van der Waals surface area contributed by atoms with Crippen LogP contribution in [0.1, 0.15) is 44.0 Å². The lowest BCUT2D eigenvalue weighted by Crippen LogP contribution is -2.18. The van der Waals surface area contributed by atoms with E-state index in [4.69, 9.17) is 5.73 Å². The fourth-order valence-corrected chi connectivity index (χ4v) is 2.46. The van der Waals surface area contributed by atoms with E-state index >= 15 is 0 Å². The first-order valence-electron chi connectivity index (χ1n) is 5.97. The van der Waals surface area contributed by atoms with E-state index in [9.17, 15) is 0 Å². The first-order chi connectivity index (χ1) is 7.22. The zero-order valence-electron chi connectivity index (χ0n) is 9.74. The van der Waals surface area contributed by atoms with Crippen molar-refractivity contribution in [3.05, 3.63) is 17.5 Å². The molecule has 0 bridgehead atoms. The van der Waals surface area contributed by atoms with Gasteiger partial charge in [-0.2, -0.15) is 5.10 Å². The SMILES string of the molecule is CC(C)n1ncc2c1C[C@@H](CN)CCC2. The Labute approximate surface area is 91.7 Å². The number of hydrogen-bond acceptors (Lipinski definition) is 2. The van der Waals surface area contributed by atoms with E-state index in [-0.39, 0.29) is 0 Å². The highest BCUT2D eigenvalue weighted by Gasteiger charge is 2.20.